The van der Waals surface area contributed by atoms with Gasteiger partial charge in [-0.1, -0.05) is 26.2 Å². The summed E-state index contributed by atoms with van der Waals surface area (Å²) in [6.07, 6.45) is 6.94. The number of nitrogen functional groups attached to an aromatic ring is 1. The third-order valence-electron chi connectivity index (χ3n) is 4.09. The van der Waals surface area contributed by atoms with Crippen LogP contribution in [0, 0.1) is 0 Å². The molecule has 2 aromatic heterocycles. The van der Waals surface area contributed by atoms with E-state index in [1.165, 1.54) is 17.8 Å². The quantitative estimate of drug-likeness (QED) is 0.934. The maximum atomic E-state index is 13.0. The molecular formula is C13H20N4O2S2. The van der Waals surface area contributed by atoms with Gasteiger partial charge in [-0.2, -0.15) is 4.31 Å². The molecule has 3 rings (SSSR count). The standard InChI is InChI=1S/C13H20N4O2S2/c1-2-17(10-6-4-3-5-7-10)21(18,19)12-11(14)15-13-16(12)8-9-20-13/h8-10H,2-7,14H2,1H3. The summed E-state index contributed by atoms with van der Waals surface area (Å²) in [5.41, 5.74) is 5.87. The molecule has 0 bridgehead atoms. The van der Waals surface area contributed by atoms with Crippen LogP contribution >= 0.6 is 11.3 Å². The second kappa shape index (κ2) is 5.58. The molecule has 0 unspecified atom stereocenters. The molecule has 2 N–H and O–H groups in total. The van der Waals surface area contributed by atoms with Gasteiger partial charge in [0.05, 0.1) is 0 Å². The van der Waals surface area contributed by atoms with Gasteiger partial charge in [0.25, 0.3) is 10.0 Å². The van der Waals surface area contributed by atoms with Crippen molar-refractivity contribution in [2.24, 2.45) is 0 Å². The summed E-state index contributed by atoms with van der Waals surface area (Å²) in [6.45, 7) is 2.35. The van der Waals surface area contributed by atoms with E-state index in [-0.39, 0.29) is 16.9 Å². The molecule has 0 saturated heterocycles. The van der Waals surface area contributed by atoms with Crippen molar-refractivity contribution in [3.8, 4) is 0 Å². The first kappa shape index (κ1) is 14.8. The number of sulfonamides is 1. The van der Waals surface area contributed by atoms with Crippen LogP contribution in [0.2, 0.25) is 0 Å². The van der Waals surface area contributed by atoms with Gasteiger partial charge in [-0.25, -0.2) is 13.4 Å². The van der Waals surface area contributed by atoms with Gasteiger partial charge >= 0.3 is 0 Å². The molecule has 116 valence electrons. The lowest BCUT2D eigenvalue weighted by Gasteiger charge is -2.32. The molecule has 1 fully saturated rings. The molecule has 8 heteroatoms. The Morgan fingerprint density at radius 2 is 2.14 bits per heavy atom. The fraction of sp³-hybridized carbons (Fsp3) is 0.615. The minimum atomic E-state index is -3.62. The van der Waals surface area contributed by atoms with E-state index in [1.807, 2.05) is 12.3 Å². The number of thiazole rings is 1. The molecule has 1 aliphatic carbocycles. The third-order valence-corrected chi connectivity index (χ3v) is 6.92. The number of anilines is 1. The molecule has 2 heterocycles. The van der Waals surface area contributed by atoms with E-state index in [2.05, 4.69) is 4.98 Å². The minimum Gasteiger partial charge on any atom is -0.381 e. The van der Waals surface area contributed by atoms with Crippen LogP contribution in [0.1, 0.15) is 39.0 Å². The fourth-order valence-corrected chi connectivity index (χ4v) is 5.79. The Balaban J connectivity index is 2.05. The number of imidazole rings is 1. The largest absolute Gasteiger partial charge is 0.381 e. The van der Waals surface area contributed by atoms with Gasteiger partial charge in [-0.3, -0.25) is 4.40 Å². The monoisotopic (exact) mass is 328 g/mol. The molecule has 0 aliphatic heterocycles. The Morgan fingerprint density at radius 3 is 2.81 bits per heavy atom. The predicted molar refractivity (Wildman–Crippen MR) is 83.9 cm³/mol. The van der Waals surface area contributed by atoms with E-state index in [1.54, 1.807) is 14.9 Å². The topological polar surface area (TPSA) is 80.7 Å². The smallest absolute Gasteiger partial charge is 0.263 e. The number of fused-ring (bicyclic) bond motifs is 1. The lowest BCUT2D eigenvalue weighted by molar-refractivity contribution is 0.260. The maximum absolute atomic E-state index is 13.0. The Morgan fingerprint density at radius 1 is 1.43 bits per heavy atom. The molecule has 0 spiro atoms. The zero-order chi connectivity index (χ0) is 15.0. The summed E-state index contributed by atoms with van der Waals surface area (Å²) in [7, 11) is -3.62. The van der Waals surface area contributed by atoms with Crippen LogP contribution in [0.5, 0.6) is 0 Å². The lowest BCUT2D eigenvalue weighted by atomic mass is 9.95. The Hall–Kier alpha value is -1.12. The Kier molecular flexibility index (Phi) is 3.94. The zero-order valence-electron chi connectivity index (χ0n) is 12.0. The molecule has 2 aromatic rings. The van der Waals surface area contributed by atoms with Crippen molar-refractivity contribution in [3.63, 3.8) is 0 Å². The van der Waals surface area contributed by atoms with Crippen molar-refractivity contribution < 1.29 is 8.42 Å². The van der Waals surface area contributed by atoms with Crippen LogP contribution in [0.3, 0.4) is 0 Å². The zero-order valence-corrected chi connectivity index (χ0v) is 13.7. The first-order valence-electron chi connectivity index (χ1n) is 7.28. The van der Waals surface area contributed by atoms with Gasteiger partial charge in [-0.05, 0) is 12.8 Å². The molecule has 21 heavy (non-hydrogen) atoms. The summed E-state index contributed by atoms with van der Waals surface area (Å²) in [6, 6.07) is 0.0809. The average molecular weight is 328 g/mol. The van der Waals surface area contributed by atoms with Gasteiger partial charge in [0.15, 0.2) is 15.8 Å². The number of nitrogens with two attached hydrogens (primary N) is 1. The molecule has 1 saturated carbocycles. The van der Waals surface area contributed by atoms with Gasteiger partial charge in [0.1, 0.15) is 0 Å². The average Bonchev–Trinajstić information content (AvgIpc) is 2.99. The van der Waals surface area contributed by atoms with E-state index in [4.69, 9.17) is 5.73 Å². The molecular weight excluding hydrogens is 308 g/mol. The highest BCUT2D eigenvalue weighted by atomic mass is 32.2. The highest BCUT2D eigenvalue weighted by Gasteiger charge is 2.35. The van der Waals surface area contributed by atoms with Gasteiger partial charge < -0.3 is 5.73 Å². The summed E-state index contributed by atoms with van der Waals surface area (Å²) < 4.78 is 29.3. The first-order valence-corrected chi connectivity index (χ1v) is 9.60. The highest BCUT2D eigenvalue weighted by Crippen LogP contribution is 2.31. The van der Waals surface area contributed by atoms with Crippen LogP contribution in [0.25, 0.3) is 4.96 Å². The summed E-state index contributed by atoms with van der Waals surface area (Å²) in [5.74, 6) is 0.0936. The SMILES string of the molecule is CCN(C1CCCCC1)S(=O)(=O)c1c(N)nc2sccn12. The number of hydrogen-bond donors (Lipinski definition) is 1. The predicted octanol–water partition coefficient (Wildman–Crippen LogP) is 2.32. The number of hydrogen-bond acceptors (Lipinski definition) is 5. The van der Waals surface area contributed by atoms with Crippen LogP contribution in [-0.2, 0) is 10.0 Å². The number of rotatable bonds is 4. The molecule has 0 aromatic carbocycles. The summed E-state index contributed by atoms with van der Waals surface area (Å²) >= 11 is 1.38. The van der Waals surface area contributed by atoms with Crippen LogP contribution < -0.4 is 5.73 Å². The van der Waals surface area contributed by atoms with E-state index in [0.717, 1.165) is 25.7 Å². The van der Waals surface area contributed by atoms with Gasteiger partial charge in [0, 0.05) is 24.2 Å². The summed E-state index contributed by atoms with van der Waals surface area (Å²) in [4.78, 5) is 4.77. The molecule has 0 atom stereocenters. The number of nitrogens with zero attached hydrogens (tertiary/aromatic N) is 3. The van der Waals surface area contributed by atoms with E-state index in [0.29, 0.717) is 11.5 Å². The maximum Gasteiger partial charge on any atom is 0.263 e. The Labute approximate surface area is 128 Å². The molecule has 0 amide bonds. The van der Waals surface area contributed by atoms with Crippen LogP contribution in [0.4, 0.5) is 5.82 Å². The van der Waals surface area contributed by atoms with Crippen molar-refractivity contribution in [2.45, 2.75) is 50.1 Å². The van der Waals surface area contributed by atoms with Crippen molar-refractivity contribution in [2.75, 3.05) is 12.3 Å². The second-order valence-electron chi connectivity index (χ2n) is 5.36. The van der Waals surface area contributed by atoms with Gasteiger partial charge in [0.2, 0.25) is 0 Å². The van der Waals surface area contributed by atoms with Crippen molar-refractivity contribution in [1.82, 2.24) is 13.7 Å². The Bertz CT molecular complexity index is 729. The molecule has 6 nitrogen and oxygen atoms in total. The van der Waals surface area contributed by atoms with Gasteiger partial charge in [-0.15, -0.1) is 11.3 Å². The second-order valence-corrected chi connectivity index (χ2v) is 8.04. The lowest BCUT2D eigenvalue weighted by Crippen LogP contribution is -2.41. The first-order chi connectivity index (χ1) is 10.1. The normalized spacial score (nSPS) is 17.8. The van der Waals surface area contributed by atoms with Crippen molar-refractivity contribution in [3.05, 3.63) is 11.6 Å². The molecule has 0 radical (unpaired) electrons. The fourth-order valence-electron chi connectivity index (χ4n) is 3.14. The highest BCUT2D eigenvalue weighted by molar-refractivity contribution is 7.89. The van der Waals surface area contributed by atoms with Crippen LogP contribution in [0.15, 0.2) is 16.6 Å². The van der Waals surface area contributed by atoms with Crippen molar-refractivity contribution in [1.29, 1.82) is 0 Å². The van der Waals surface area contributed by atoms with E-state index < -0.39 is 10.0 Å². The summed E-state index contributed by atoms with van der Waals surface area (Å²) in [5, 5.41) is 1.93. The number of aromatic nitrogens is 2. The van der Waals surface area contributed by atoms with E-state index in [9.17, 15) is 8.42 Å². The van der Waals surface area contributed by atoms with Crippen LogP contribution in [-0.4, -0.2) is 34.7 Å². The minimum absolute atomic E-state index is 0.0809. The van der Waals surface area contributed by atoms with Crippen molar-refractivity contribution >= 4 is 32.1 Å². The third kappa shape index (κ3) is 2.45. The molecule has 1 aliphatic rings. The van der Waals surface area contributed by atoms with E-state index >= 15 is 0 Å².